The Morgan fingerprint density at radius 1 is 1.24 bits per heavy atom. The van der Waals surface area contributed by atoms with Gasteiger partial charge < -0.3 is 20.3 Å². The molecule has 1 aliphatic heterocycles. The van der Waals surface area contributed by atoms with Gasteiger partial charge in [-0.1, -0.05) is 19.4 Å². The molecule has 0 spiro atoms. The molecule has 4 aliphatic rings. The number of phenolic OH excluding ortho intramolecular Hbond substituents is 1. The zero-order chi connectivity index (χ0) is 17.2. The van der Waals surface area contributed by atoms with E-state index < -0.39 is 6.10 Å². The highest BCUT2D eigenvalue weighted by Crippen LogP contribution is 2.61. The maximum absolute atomic E-state index is 10.7. The van der Waals surface area contributed by atoms with Crippen LogP contribution in [0.2, 0.25) is 0 Å². The SMILES string of the molecule is CC[C@@]12c3c4ccc(O)c3OC1[C@H](O)CCC2C(NCC1CCC1)C4. The topological polar surface area (TPSA) is 61.7 Å². The average Bonchev–Trinajstić information content (AvgIpc) is 2.94. The number of hydrogen-bond acceptors (Lipinski definition) is 4. The van der Waals surface area contributed by atoms with Crippen molar-refractivity contribution in [3.05, 3.63) is 23.3 Å². The van der Waals surface area contributed by atoms with Crippen LogP contribution in [0.5, 0.6) is 11.5 Å². The largest absolute Gasteiger partial charge is 0.504 e. The van der Waals surface area contributed by atoms with Gasteiger partial charge in [0, 0.05) is 17.0 Å². The summed E-state index contributed by atoms with van der Waals surface area (Å²) in [6.07, 6.45) is 7.23. The van der Waals surface area contributed by atoms with Gasteiger partial charge in [-0.2, -0.15) is 0 Å². The van der Waals surface area contributed by atoms with Gasteiger partial charge in [-0.15, -0.1) is 0 Å². The Balaban J connectivity index is 1.57. The minimum atomic E-state index is -0.443. The minimum absolute atomic E-state index is 0.156. The third-order valence-electron chi connectivity index (χ3n) is 7.63. The fourth-order valence-corrected chi connectivity index (χ4v) is 6.17. The van der Waals surface area contributed by atoms with Crippen LogP contribution in [-0.2, 0) is 11.8 Å². The monoisotopic (exact) mass is 343 g/mol. The van der Waals surface area contributed by atoms with Crippen LogP contribution < -0.4 is 10.1 Å². The van der Waals surface area contributed by atoms with Gasteiger partial charge in [-0.05, 0) is 68.5 Å². The Hall–Kier alpha value is -1.26. The molecule has 3 unspecified atom stereocenters. The molecule has 136 valence electrons. The van der Waals surface area contributed by atoms with Crippen molar-refractivity contribution in [1.82, 2.24) is 5.32 Å². The maximum atomic E-state index is 10.7. The van der Waals surface area contributed by atoms with E-state index in [2.05, 4.69) is 18.3 Å². The highest BCUT2D eigenvalue weighted by Gasteiger charge is 2.62. The first kappa shape index (κ1) is 16.0. The van der Waals surface area contributed by atoms with Crippen LogP contribution in [0.3, 0.4) is 0 Å². The number of ether oxygens (including phenoxy) is 1. The highest BCUT2D eigenvalue weighted by molar-refractivity contribution is 5.60. The molecule has 5 rings (SSSR count). The molecule has 0 aromatic heterocycles. The molecule has 1 aromatic rings. The summed E-state index contributed by atoms with van der Waals surface area (Å²) in [6, 6.07) is 4.29. The lowest BCUT2D eigenvalue weighted by Gasteiger charge is -2.53. The van der Waals surface area contributed by atoms with Crippen molar-refractivity contribution < 1.29 is 14.9 Å². The molecule has 1 heterocycles. The lowest BCUT2D eigenvalue weighted by atomic mass is 9.53. The van der Waals surface area contributed by atoms with E-state index in [4.69, 9.17) is 4.74 Å². The van der Waals surface area contributed by atoms with Crippen molar-refractivity contribution in [3.63, 3.8) is 0 Å². The predicted octanol–water partition coefficient (Wildman–Crippen LogP) is 2.89. The molecule has 0 amide bonds. The molecule has 0 saturated heterocycles. The van der Waals surface area contributed by atoms with Gasteiger partial charge in [-0.3, -0.25) is 0 Å². The van der Waals surface area contributed by atoms with Gasteiger partial charge in [0.05, 0.1) is 6.10 Å². The molecule has 3 aliphatic carbocycles. The summed E-state index contributed by atoms with van der Waals surface area (Å²) in [5.74, 6) is 2.20. The number of aliphatic hydroxyl groups excluding tert-OH is 1. The molecule has 0 bridgehead atoms. The van der Waals surface area contributed by atoms with Crippen molar-refractivity contribution in [3.8, 4) is 11.5 Å². The Labute approximate surface area is 149 Å². The van der Waals surface area contributed by atoms with Crippen LogP contribution >= 0.6 is 0 Å². The van der Waals surface area contributed by atoms with E-state index in [0.717, 1.165) is 38.1 Å². The van der Waals surface area contributed by atoms with Gasteiger partial charge in [-0.25, -0.2) is 0 Å². The summed E-state index contributed by atoms with van der Waals surface area (Å²) in [7, 11) is 0. The number of hydrogen-bond donors (Lipinski definition) is 3. The Morgan fingerprint density at radius 2 is 2.08 bits per heavy atom. The summed E-state index contributed by atoms with van der Waals surface area (Å²) in [4.78, 5) is 0. The van der Waals surface area contributed by atoms with Gasteiger partial charge in [0.2, 0.25) is 0 Å². The number of phenols is 1. The fourth-order valence-electron chi connectivity index (χ4n) is 6.17. The second kappa shape index (κ2) is 5.62. The summed E-state index contributed by atoms with van der Waals surface area (Å²) in [5.41, 5.74) is 2.34. The third kappa shape index (κ3) is 2.07. The number of aliphatic hydroxyl groups is 1. The van der Waals surface area contributed by atoms with Crippen LogP contribution in [0.25, 0.3) is 0 Å². The summed E-state index contributed by atoms with van der Waals surface area (Å²) in [6.45, 7) is 3.34. The van der Waals surface area contributed by atoms with E-state index in [1.807, 2.05) is 0 Å². The molecular formula is C21H29NO3. The fraction of sp³-hybridized carbons (Fsp3) is 0.714. The van der Waals surface area contributed by atoms with Crippen LogP contribution in [0.1, 0.15) is 56.6 Å². The number of aromatic hydroxyl groups is 1. The molecule has 2 saturated carbocycles. The van der Waals surface area contributed by atoms with E-state index in [1.54, 1.807) is 6.07 Å². The molecule has 1 aromatic carbocycles. The first-order valence-electron chi connectivity index (χ1n) is 10.1. The maximum Gasteiger partial charge on any atom is 0.165 e. The quantitative estimate of drug-likeness (QED) is 0.787. The molecule has 25 heavy (non-hydrogen) atoms. The average molecular weight is 343 g/mol. The minimum Gasteiger partial charge on any atom is -0.504 e. The van der Waals surface area contributed by atoms with Crippen molar-refractivity contribution in [2.45, 2.75) is 75.5 Å². The predicted molar refractivity (Wildman–Crippen MR) is 96.1 cm³/mol. The summed E-state index contributed by atoms with van der Waals surface area (Å²) < 4.78 is 6.22. The van der Waals surface area contributed by atoms with E-state index in [0.29, 0.717) is 17.7 Å². The van der Waals surface area contributed by atoms with Crippen LogP contribution in [0, 0.1) is 11.8 Å². The number of benzene rings is 1. The number of nitrogens with one attached hydrogen (secondary N) is 1. The van der Waals surface area contributed by atoms with Gasteiger partial charge in [0.15, 0.2) is 11.5 Å². The normalized spacial score (nSPS) is 38.8. The molecule has 0 radical (unpaired) electrons. The molecule has 5 atom stereocenters. The van der Waals surface area contributed by atoms with Crippen molar-refractivity contribution in [2.75, 3.05) is 6.54 Å². The Morgan fingerprint density at radius 3 is 2.80 bits per heavy atom. The van der Waals surface area contributed by atoms with Gasteiger partial charge >= 0.3 is 0 Å². The standard InChI is InChI=1S/C21H29NO3/c1-2-21-14-7-9-17(24)20(21)25-19-16(23)8-6-13(18(19)21)10-15(14)22-11-12-4-3-5-12/h6,8,12,14-15,17,20,22-24H,2-5,7,9-11H2,1H3/t14?,15?,17-,20?,21-/m1/s1. The smallest absolute Gasteiger partial charge is 0.165 e. The Kier molecular flexibility index (Phi) is 3.58. The van der Waals surface area contributed by atoms with E-state index in [9.17, 15) is 10.2 Å². The molecule has 2 fully saturated rings. The second-order valence-corrected chi connectivity index (χ2v) is 8.65. The second-order valence-electron chi connectivity index (χ2n) is 8.65. The van der Waals surface area contributed by atoms with Crippen LogP contribution in [0.15, 0.2) is 12.1 Å². The van der Waals surface area contributed by atoms with E-state index in [1.165, 1.54) is 30.4 Å². The van der Waals surface area contributed by atoms with Crippen LogP contribution in [0.4, 0.5) is 0 Å². The lowest BCUT2D eigenvalue weighted by Crippen LogP contribution is -2.62. The summed E-state index contributed by atoms with van der Waals surface area (Å²) >= 11 is 0. The van der Waals surface area contributed by atoms with Gasteiger partial charge in [0.25, 0.3) is 0 Å². The van der Waals surface area contributed by atoms with Crippen molar-refractivity contribution in [2.24, 2.45) is 11.8 Å². The van der Waals surface area contributed by atoms with E-state index in [-0.39, 0.29) is 17.3 Å². The first-order chi connectivity index (χ1) is 12.1. The zero-order valence-electron chi connectivity index (χ0n) is 15.0. The summed E-state index contributed by atoms with van der Waals surface area (Å²) in [5, 5.41) is 25.0. The van der Waals surface area contributed by atoms with Crippen molar-refractivity contribution >= 4 is 0 Å². The van der Waals surface area contributed by atoms with Crippen LogP contribution in [-0.4, -0.2) is 35.0 Å². The zero-order valence-corrected chi connectivity index (χ0v) is 15.0. The Bertz CT molecular complexity index is 686. The first-order valence-corrected chi connectivity index (χ1v) is 10.1. The molecule has 4 heteroatoms. The highest BCUT2D eigenvalue weighted by atomic mass is 16.5. The van der Waals surface area contributed by atoms with Gasteiger partial charge in [0.1, 0.15) is 6.10 Å². The van der Waals surface area contributed by atoms with E-state index >= 15 is 0 Å². The molecule has 4 nitrogen and oxygen atoms in total. The lowest BCUT2D eigenvalue weighted by molar-refractivity contribution is -0.0650. The van der Waals surface area contributed by atoms with Crippen molar-refractivity contribution in [1.29, 1.82) is 0 Å². The molecule has 3 N–H and O–H groups in total. The number of rotatable bonds is 4. The third-order valence-corrected chi connectivity index (χ3v) is 7.63. The molecular weight excluding hydrogens is 314 g/mol.